The Morgan fingerprint density at radius 3 is 2.33 bits per heavy atom. The SMILES string of the molecule is O=C(O)C(=O)c1cc2c(cc1O)CCC2. The molecule has 1 aliphatic rings. The van der Waals surface area contributed by atoms with Gasteiger partial charge in [-0.1, -0.05) is 0 Å². The van der Waals surface area contributed by atoms with E-state index in [9.17, 15) is 14.7 Å². The highest BCUT2D eigenvalue weighted by molar-refractivity contribution is 6.40. The van der Waals surface area contributed by atoms with Crippen molar-refractivity contribution >= 4 is 11.8 Å². The van der Waals surface area contributed by atoms with Crippen LogP contribution in [0.1, 0.15) is 27.9 Å². The number of aromatic hydroxyl groups is 1. The van der Waals surface area contributed by atoms with E-state index in [1.54, 1.807) is 0 Å². The Kier molecular flexibility index (Phi) is 2.19. The molecule has 4 heteroatoms. The first kappa shape index (κ1) is 9.71. The molecule has 0 fully saturated rings. The van der Waals surface area contributed by atoms with Crippen LogP contribution in [0.25, 0.3) is 0 Å². The zero-order valence-electron chi connectivity index (χ0n) is 7.99. The van der Waals surface area contributed by atoms with Crippen molar-refractivity contribution in [3.05, 3.63) is 28.8 Å². The normalized spacial score (nSPS) is 13.6. The minimum absolute atomic E-state index is 0.108. The number of hydrogen-bond acceptors (Lipinski definition) is 3. The Morgan fingerprint density at radius 1 is 1.13 bits per heavy atom. The second kappa shape index (κ2) is 3.38. The minimum Gasteiger partial charge on any atom is -0.507 e. The lowest BCUT2D eigenvalue weighted by Crippen LogP contribution is -2.13. The standard InChI is InChI=1S/C11H10O4/c12-9-5-7-3-1-2-6(7)4-8(9)10(13)11(14)15/h4-5,12H,1-3H2,(H,14,15). The molecule has 0 saturated heterocycles. The van der Waals surface area contributed by atoms with Crippen molar-refractivity contribution in [2.75, 3.05) is 0 Å². The first-order valence-electron chi connectivity index (χ1n) is 4.72. The summed E-state index contributed by atoms with van der Waals surface area (Å²) in [7, 11) is 0. The van der Waals surface area contributed by atoms with Gasteiger partial charge in [-0.25, -0.2) is 4.79 Å². The molecular formula is C11H10O4. The lowest BCUT2D eigenvalue weighted by Gasteiger charge is -2.04. The summed E-state index contributed by atoms with van der Waals surface area (Å²) in [6.07, 6.45) is 2.71. The summed E-state index contributed by atoms with van der Waals surface area (Å²) < 4.78 is 0. The quantitative estimate of drug-likeness (QED) is 0.562. The highest BCUT2D eigenvalue weighted by Gasteiger charge is 2.22. The number of carbonyl (C=O) groups excluding carboxylic acids is 1. The maximum atomic E-state index is 11.2. The van der Waals surface area contributed by atoms with Crippen LogP contribution in [0.4, 0.5) is 0 Å². The number of ketones is 1. The molecule has 0 amide bonds. The Morgan fingerprint density at radius 2 is 1.73 bits per heavy atom. The molecule has 2 N–H and O–H groups in total. The lowest BCUT2D eigenvalue weighted by molar-refractivity contribution is -0.131. The van der Waals surface area contributed by atoms with Gasteiger partial charge in [0.1, 0.15) is 5.75 Å². The molecule has 0 spiro atoms. The van der Waals surface area contributed by atoms with Crippen LogP contribution in [-0.4, -0.2) is 22.0 Å². The Bertz CT molecular complexity index is 448. The van der Waals surface area contributed by atoms with Gasteiger partial charge in [-0.3, -0.25) is 4.79 Å². The third-order valence-corrected chi connectivity index (χ3v) is 2.65. The summed E-state index contributed by atoms with van der Waals surface area (Å²) >= 11 is 0. The van der Waals surface area contributed by atoms with Crippen molar-refractivity contribution in [2.24, 2.45) is 0 Å². The van der Waals surface area contributed by atoms with Gasteiger partial charge in [0.05, 0.1) is 5.56 Å². The zero-order chi connectivity index (χ0) is 11.0. The van der Waals surface area contributed by atoms with Crippen LogP contribution in [0, 0.1) is 0 Å². The van der Waals surface area contributed by atoms with Gasteiger partial charge in [0.2, 0.25) is 0 Å². The third-order valence-electron chi connectivity index (χ3n) is 2.65. The number of fused-ring (bicyclic) bond motifs is 1. The van der Waals surface area contributed by atoms with E-state index in [1.807, 2.05) is 0 Å². The molecule has 4 nitrogen and oxygen atoms in total. The number of aliphatic carboxylic acids is 1. The fourth-order valence-electron chi connectivity index (χ4n) is 1.91. The van der Waals surface area contributed by atoms with Crippen molar-refractivity contribution < 1.29 is 19.8 Å². The van der Waals surface area contributed by atoms with E-state index in [4.69, 9.17) is 5.11 Å². The summed E-state index contributed by atoms with van der Waals surface area (Å²) in [5.74, 6) is -2.83. The average molecular weight is 206 g/mol. The van der Waals surface area contributed by atoms with Crippen molar-refractivity contribution in [3.63, 3.8) is 0 Å². The van der Waals surface area contributed by atoms with E-state index in [0.29, 0.717) is 0 Å². The van der Waals surface area contributed by atoms with Crippen molar-refractivity contribution in [2.45, 2.75) is 19.3 Å². The second-order valence-corrected chi connectivity index (χ2v) is 3.63. The van der Waals surface area contributed by atoms with E-state index in [0.717, 1.165) is 30.4 Å². The molecule has 78 valence electrons. The maximum Gasteiger partial charge on any atom is 0.377 e. The van der Waals surface area contributed by atoms with E-state index in [2.05, 4.69) is 0 Å². The molecule has 1 aliphatic carbocycles. The Hall–Kier alpha value is -1.84. The molecule has 2 rings (SSSR count). The summed E-state index contributed by atoms with van der Waals surface area (Å²) in [6.45, 7) is 0. The zero-order valence-corrected chi connectivity index (χ0v) is 7.99. The number of rotatable bonds is 2. The van der Waals surface area contributed by atoms with Crippen LogP contribution < -0.4 is 0 Å². The number of carbonyl (C=O) groups is 2. The smallest absolute Gasteiger partial charge is 0.377 e. The molecule has 0 atom stereocenters. The second-order valence-electron chi connectivity index (χ2n) is 3.63. The van der Waals surface area contributed by atoms with Crippen molar-refractivity contribution in [1.29, 1.82) is 0 Å². The van der Waals surface area contributed by atoms with Gasteiger partial charge in [-0.2, -0.15) is 0 Å². The van der Waals surface area contributed by atoms with Crippen LogP contribution in [0.15, 0.2) is 12.1 Å². The van der Waals surface area contributed by atoms with Gasteiger partial charge in [0.25, 0.3) is 5.78 Å². The van der Waals surface area contributed by atoms with Crippen molar-refractivity contribution in [3.8, 4) is 5.75 Å². The molecule has 0 saturated carbocycles. The molecule has 1 aromatic carbocycles. The van der Waals surface area contributed by atoms with E-state index in [1.165, 1.54) is 12.1 Å². The van der Waals surface area contributed by atoms with Gasteiger partial charge >= 0.3 is 5.97 Å². The largest absolute Gasteiger partial charge is 0.507 e. The third kappa shape index (κ3) is 1.58. The summed E-state index contributed by atoms with van der Waals surface area (Å²) in [5.41, 5.74) is 1.87. The number of carboxylic acids is 1. The van der Waals surface area contributed by atoms with Crippen LogP contribution >= 0.6 is 0 Å². The molecule has 0 radical (unpaired) electrons. The van der Waals surface area contributed by atoms with Crippen LogP contribution in [-0.2, 0) is 17.6 Å². The number of benzene rings is 1. The van der Waals surface area contributed by atoms with E-state index >= 15 is 0 Å². The first-order chi connectivity index (χ1) is 7.09. The summed E-state index contributed by atoms with van der Waals surface area (Å²) in [4.78, 5) is 21.7. The minimum atomic E-state index is -1.54. The van der Waals surface area contributed by atoms with Crippen LogP contribution in [0.2, 0.25) is 0 Å². The van der Waals surface area contributed by atoms with Gasteiger partial charge in [-0.15, -0.1) is 0 Å². The number of phenolic OH excluding ortho intramolecular Hbond substituents is 1. The van der Waals surface area contributed by atoms with Gasteiger partial charge < -0.3 is 10.2 Å². The molecule has 1 aromatic rings. The highest BCUT2D eigenvalue weighted by atomic mass is 16.4. The lowest BCUT2D eigenvalue weighted by atomic mass is 10.0. The first-order valence-corrected chi connectivity index (χ1v) is 4.72. The van der Waals surface area contributed by atoms with Gasteiger partial charge in [0, 0.05) is 0 Å². The fraction of sp³-hybridized carbons (Fsp3) is 0.273. The molecule has 0 aliphatic heterocycles. The summed E-state index contributed by atoms with van der Waals surface area (Å²) in [6, 6.07) is 2.99. The van der Waals surface area contributed by atoms with Crippen LogP contribution in [0.3, 0.4) is 0 Å². The molecular weight excluding hydrogens is 196 g/mol. The number of Topliss-reactive ketones (excluding diaryl/α,β-unsaturated/α-hetero) is 1. The number of carboxylic acid groups (broad SMARTS) is 1. The number of aryl methyl sites for hydroxylation is 2. The average Bonchev–Trinajstić information content (AvgIpc) is 2.62. The molecule has 0 aromatic heterocycles. The fourth-order valence-corrected chi connectivity index (χ4v) is 1.91. The maximum absolute atomic E-state index is 11.2. The van der Waals surface area contributed by atoms with E-state index < -0.39 is 11.8 Å². The Labute approximate surface area is 86.2 Å². The Balaban J connectivity index is 2.49. The van der Waals surface area contributed by atoms with Gasteiger partial charge in [-0.05, 0) is 42.5 Å². The van der Waals surface area contributed by atoms with Crippen LogP contribution in [0.5, 0.6) is 5.75 Å². The molecule has 15 heavy (non-hydrogen) atoms. The van der Waals surface area contributed by atoms with Gasteiger partial charge in [0.15, 0.2) is 0 Å². The van der Waals surface area contributed by atoms with E-state index in [-0.39, 0.29) is 11.3 Å². The highest BCUT2D eigenvalue weighted by Crippen LogP contribution is 2.29. The summed E-state index contributed by atoms with van der Waals surface area (Å²) in [5, 5.41) is 18.1. The number of phenols is 1. The molecule has 0 heterocycles. The monoisotopic (exact) mass is 206 g/mol. The topological polar surface area (TPSA) is 74.6 Å². The molecule has 0 unspecified atom stereocenters. The predicted octanol–water partition coefficient (Wildman–Crippen LogP) is 1.15. The predicted molar refractivity (Wildman–Crippen MR) is 52.1 cm³/mol. The van der Waals surface area contributed by atoms with Crippen molar-refractivity contribution in [1.82, 2.24) is 0 Å². The molecule has 0 bridgehead atoms. The number of hydrogen-bond donors (Lipinski definition) is 2.